The highest BCUT2D eigenvalue weighted by atomic mass is 19.1. The second kappa shape index (κ2) is 8.61. The second-order valence-corrected chi connectivity index (χ2v) is 8.94. The molecule has 0 atom stereocenters. The maximum absolute atomic E-state index is 13.6. The average molecular weight is 446 g/mol. The second-order valence-electron chi connectivity index (χ2n) is 8.94. The fourth-order valence-electron chi connectivity index (χ4n) is 5.34. The molecule has 4 aliphatic rings. The number of allylic oxidation sites excluding steroid dienone is 2. The number of fused-ring (bicyclic) bond motifs is 1. The van der Waals surface area contributed by atoms with Gasteiger partial charge >= 0.3 is 0 Å². The Morgan fingerprint density at radius 3 is 2.42 bits per heavy atom. The van der Waals surface area contributed by atoms with Gasteiger partial charge in [-0.15, -0.1) is 0 Å². The fourth-order valence-corrected chi connectivity index (χ4v) is 5.34. The van der Waals surface area contributed by atoms with Crippen molar-refractivity contribution >= 4 is 11.4 Å². The van der Waals surface area contributed by atoms with Crippen LogP contribution in [0.1, 0.15) is 36.8 Å². The van der Waals surface area contributed by atoms with Gasteiger partial charge in [-0.2, -0.15) is 10.2 Å². The smallest absolute Gasteiger partial charge is 0.132 e. The molecule has 0 amide bonds. The van der Waals surface area contributed by atoms with Crippen molar-refractivity contribution in [1.82, 2.24) is 35.5 Å². The first-order chi connectivity index (χ1) is 16.3. The van der Waals surface area contributed by atoms with E-state index in [1.54, 1.807) is 12.4 Å². The van der Waals surface area contributed by atoms with Crippen molar-refractivity contribution in [3.05, 3.63) is 83.8 Å². The molecule has 4 aliphatic heterocycles. The molecule has 0 spiro atoms. The van der Waals surface area contributed by atoms with Crippen LogP contribution in [0.25, 0.3) is 11.4 Å². The molecule has 5 heterocycles. The molecular weight excluding hydrogens is 417 g/mol. The first-order valence-corrected chi connectivity index (χ1v) is 11.8. The van der Waals surface area contributed by atoms with Crippen LogP contribution < -0.4 is 5.32 Å². The molecule has 170 valence electrons. The molecule has 0 aliphatic carbocycles. The van der Waals surface area contributed by atoms with Gasteiger partial charge in [0.05, 0.1) is 23.8 Å². The Bertz CT molecular complexity index is 1080. The molecule has 8 heteroatoms. The number of likely N-dealkylation sites (tertiary alicyclic amines) is 1. The maximum atomic E-state index is 13.6. The van der Waals surface area contributed by atoms with Crippen LogP contribution in [0, 0.1) is 5.82 Å². The van der Waals surface area contributed by atoms with E-state index in [0.717, 1.165) is 41.4 Å². The molecule has 7 nitrogen and oxygen atoms in total. The summed E-state index contributed by atoms with van der Waals surface area (Å²) in [5, 5.41) is 18.5. The van der Waals surface area contributed by atoms with Crippen LogP contribution in [-0.2, 0) is 0 Å². The van der Waals surface area contributed by atoms with E-state index in [9.17, 15) is 4.39 Å². The summed E-state index contributed by atoms with van der Waals surface area (Å²) in [5.41, 5.74) is 3.78. The first kappa shape index (κ1) is 20.4. The third-order valence-electron chi connectivity index (χ3n) is 6.99. The molecule has 0 bridgehead atoms. The van der Waals surface area contributed by atoms with Crippen LogP contribution in [0.15, 0.2) is 66.9 Å². The van der Waals surface area contributed by atoms with Gasteiger partial charge in [-0.3, -0.25) is 0 Å². The molecule has 0 saturated carbocycles. The monoisotopic (exact) mass is 445 g/mol. The molecule has 1 N–H and O–H groups in total. The summed E-state index contributed by atoms with van der Waals surface area (Å²) in [7, 11) is 0. The lowest BCUT2D eigenvalue weighted by Gasteiger charge is -2.46. The van der Waals surface area contributed by atoms with Crippen molar-refractivity contribution in [3.63, 3.8) is 0 Å². The number of hydrogen-bond donors (Lipinski definition) is 1. The summed E-state index contributed by atoms with van der Waals surface area (Å²) in [5.74, 6) is 0.718. The molecule has 2 aromatic rings. The zero-order valence-electron chi connectivity index (χ0n) is 18.6. The predicted molar refractivity (Wildman–Crippen MR) is 125 cm³/mol. The lowest BCUT2D eigenvalue weighted by Crippen LogP contribution is -2.54. The van der Waals surface area contributed by atoms with Gasteiger partial charge < -0.3 is 10.2 Å². The van der Waals surface area contributed by atoms with E-state index in [2.05, 4.69) is 53.9 Å². The Labute approximate surface area is 193 Å². The van der Waals surface area contributed by atoms with Gasteiger partial charge in [-0.25, -0.2) is 19.5 Å². The topological polar surface area (TPSA) is 50.8 Å². The minimum atomic E-state index is -0.245. The average Bonchev–Trinajstić information content (AvgIpc) is 3.54. The van der Waals surface area contributed by atoms with Gasteiger partial charge in [-0.1, -0.05) is 0 Å². The molecule has 0 radical (unpaired) electrons. The molecule has 2 saturated heterocycles. The number of nitrogens with zero attached hydrogens (tertiary/aromatic N) is 6. The van der Waals surface area contributed by atoms with Crippen LogP contribution in [0.5, 0.6) is 0 Å². The van der Waals surface area contributed by atoms with E-state index in [1.165, 1.54) is 50.9 Å². The molecule has 6 rings (SSSR count). The summed E-state index contributed by atoms with van der Waals surface area (Å²) in [6.45, 7) is 4.51. The number of rotatable bonds is 4. The van der Waals surface area contributed by atoms with Crippen LogP contribution in [0.4, 0.5) is 4.39 Å². The number of hydrazine groups is 2. The van der Waals surface area contributed by atoms with Gasteiger partial charge in [0.15, 0.2) is 0 Å². The Kier molecular flexibility index (Phi) is 5.32. The predicted octanol–water partition coefficient (Wildman–Crippen LogP) is 3.41. The van der Waals surface area contributed by atoms with E-state index < -0.39 is 0 Å². The maximum Gasteiger partial charge on any atom is 0.132 e. The van der Waals surface area contributed by atoms with Crippen LogP contribution in [0.2, 0.25) is 0 Å². The Hall–Kier alpha value is -3.23. The van der Waals surface area contributed by atoms with E-state index >= 15 is 0 Å². The fraction of sp³-hybridized carbons (Fsp3) is 0.360. The highest BCUT2D eigenvalue weighted by Gasteiger charge is 2.37. The van der Waals surface area contributed by atoms with Gasteiger partial charge in [-0.05, 0) is 81.3 Å². The standard InChI is InChI=1S/C25H28FN7/c26-21-7-5-19(6-8-21)24-25(20-9-12-27-28-18-20)33-23(29-24)4-3-15-32(33)31-16-10-22(11-17-31)30-13-1-2-14-30/h3-9,12,15,18,22,29H,1-2,10-11,13-14,16-17H2. The van der Waals surface area contributed by atoms with Crippen LogP contribution in [0.3, 0.4) is 0 Å². The summed E-state index contributed by atoms with van der Waals surface area (Å²) in [6.07, 6.45) is 14.8. The minimum Gasteiger partial charge on any atom is -0.338 e. The Morgan fingerprint density at radius 1 is 0.909 bits per heavy atom. The molecular formula is C25H28FN7. The summed E-state index contributed by atoms with van der Waals surface area (Å²) < 4.78 is 13.6. The zero-order valence-corrected chi connectivity index (χ0v) is 18.6. The van der Waals surface area contributed by atoms with Gasteiger partial charge in [0.2, 0.25) is 0 Å². The van der Waals surface area contributed by atoms with Gasteiger partial charge in [0.1, 0.15) is 11.6 Å². The molecule has 33 heavy (non-hydrogen) atoms. The molecule has 2 fully saturated rings. The number of halogens is 1. The van der Waals surface area contributed by atoms with Crippen molar-refractivity contribution < 1.29 is 4.39 Å². The highest BCUT2D eigenvalue weighted by Crippen LogP contribution is 2.39. The SMILES string of the molecule is Fc1ccc(C2=C(c3ccnnc3)N3C(=CC=CN3N3CCC(N4CCCC4)CC3)N2)cc1. The third-order valence-corrected chi connectivity index (χ3v) is 6.99. The van der Waals surface area contributed by atoms with E-state index in [-0.39, 0.29) is 5.82 Å². The number of hydrogen-bond acceptors (Lipinski definition) is 7. The number of nitrogens with one attached hydrogen (secondary N) is 1. The van der Waals surface area contributed by atoms with Crippen LogP contribution >= 0.6 is 0 Å². The van der Waals surface area contributed by atoms with E-state index in [0.29, 0.717) is 6.04 Å². The number of piperidine rings is 1. The lowest BCUT2D eigenvalue weighted by atomic mass is 10.0. The van der Waals surface area contributed by atoms with Crippen molar-refractivity contribution in [2.45, 2.75) is 31.7 Å². The Morgan fingerprint density at radius 2 is 1.70 bits per heavy atom. The Balaban J connectivity index is 1.33. The van der Waals surface area contributed by atoms with Crippen molar-refractivity contribution in [2.24, 2.45) is 0 Å². The zero-order chi connectivity index (χ0) is 22.2. The van der Waals surface area contributed by atoms with Crippen molar-refractivity contribution in [3.8, 4) is 0 Å². The summed E-state index contributed by atoms with van der Waals surface area (Å²) in [6, 6.07) is 9.27. The van der Waals surface area contributed by atoms with E-state index in [1.807, 2.05) is 18.2 Å². The molecule has 1 aromatic carbocycles. The molecule has 1 aromatic heterocycles. The third kappa shape index (κ3) is 3.79. The molecule has 0 unspecified atom stereocenters. The number of aromatic nitrogens is 2. The minimum absolute atomic E-state index is 0.245. The largest absolute Gasteiger partial charge is 0.338 e. The van der Waals surface area contributed by atoms with E-state index in [4.69, 9.17) is 0 Å². The van der Waals surface area contributed by atoms with Gasteiger partial charge in [0, 0.05) is 36.5 Å². The quantitative estimate of drug-likeness (QED) is 0.774. The normalized spacial score (nSPS) is 22.0. The van der Waals surface area contributed by atoms with Crippen molar-refractivity contribution in [2.75, 3.05) is 26.2 Å². The lowest BCUT2D eigenvalue weighted by molar-refractivity contribution is -0.114. The first-order valence-electron chi connectivity index (χ1n) is 11.8. The summed E-state index contributed by atoms with van der Waals surface area (Å²) in [4.78, 5) is 2.67. The summed E-state index contributed by atoms with van der Waals surface area (Å²) >= 11 is 0. The highest BCUT2D eigenvalue weighted by molar-refractivity contribution is 5.92. The number of benzene rings is 1. The van der Waals surface area contributed by atoms with Crippen LogP contribution in [-0.4, -0.2) is 62.5 Å². The van der Waals surface area contributed by atoms with Crippen molar-refractivity contribution in [1.29, 1.82) is 0 Å². The van der Waals surface area contributed by atoms with Gasteiger partial charge in [0.25, 0.3) is 0 Å².